The molecule has 0 aliphatic heterocycles. The van der Waals surface area contributed by atoms with Crippen LogP contribution in [0.5, 0.6) is 0 Å². The maximum absolute atomic E-state index is 10.7. The van der Waals surface area contributed by atoms with E-state index in [1.165, 1.54) is 13.8 Å². The molecular weight excluding hydrogens is 128 g/mol. The Labute approximate surface area is 60.9 Å². The van der Waals surface area contributed by atoms with Crippen molar-refractivity contribution in [3.63, 3.8) is 0 Å². The Morgan fingerprint density at radius 3 is 1.70 bits per heavy atom. The van der Waals surface area contributed by atoms with Crippen molar-refractivity contribution in [2.24, 2.45) is 5.92 Å². The molecule has 2 nitrogen and oxygen atoms in total. The quantitative estimate of drug-likeness (QED) is 0.438. The average molecular weight is 140 g/mol. The molecule has 0 saturated carbocycles. The largest absolute Gasteiger partial charge is 0.299 e. The van der Waals surface area contributed by atoms with Gasteiger partial charge in [-0.2, -0.15) is 0 Å². The molecule has 0 aliphatic rings. The maximum Gasteiger partial charge on any atom is 0.144 e. The zero-order valence-electron chi connectivity index (χ0n) is 6.55. The summed E-state index contributed by atoms with van der Waals surface area (Å²) in [5.41, 5.74) is 0. The second-order valence-electron chi connectivity index (χ2n) is 2.22. The molecular formula is C8H12O2. The monoisotopic (exact) mass is 140 g/mol. The average Bonchev–Trinajstić information content (AvgIpc) is 1.81. The molecule has 0 radical (unpaired) electrons. The molecule has 0 aliphatic carbocycles. The third-order valence-electron chi connectivity index (χ3n) is 1.26. The predicted molar refractivity (Wildman–Crippen MR) is 39.7 cm³/mol. The van der Waals surface area contributed by atoms with Crippen LogP contribution in [-0.4, -0.2) is 11.6 Å². The summed E-state index contributed by atoms with van der Waals surface area (Å²) in [5.74, 6) is -0.707. The van der Waals surface area contributed by atoms with E-state index in [0.717, 1.165) is 0 Å². The lowest BCUT2D eigenvalue weighted by molar-refractivity contribution is -0.128. The zero-order valence-corrected chi connectivity index (χ0v) is 6.55. The van der Waals surface area contributed by atoms with E-state index >= 15 is 0 Å². The number of Topliss-reactive ketones (excluding diaryl/α,β-unsaturated/α-hetero) is 2. The van der Waals surface area contributed by atoms with E-state index < -0.39 is 5.92 Å². The second kappa shape index (κ2) is 3.99. The van der Waals surface area contributed by atoms with E-state index in [-0.39, 0.29) is 11.6 Å². The van der Waals surface area contributed by atoms with Crippen LogP contribution in [0, 0.1) is 5.92 Å². The molecule has 56 valence electrons. The number of hydrogen-bond acceptors (Lipinski definition) is 2. The topological polar surface area (TPSA) is 34.1 Å². The molecule has 0 atom stereocenters. The molecule has 10 heavy (non-hydrogen) atoms. The van der Waals surface area contributed by atoms with Crippen LogP contribution >= 0.6 is 0 Å². The van der Waals surface area contributed by atoms with E-state index in [1.807, 2.05) is 0 Å². The number of carbonyl (C=O) groups excluding carboxylic acids is 2. The van der Waals surface area contributed by atoms with Crippen molar-refractivity contribution in [2.45, 2.75) is 20.8 Å². The molecule has 0 unspecified atom stereocenters. The molecule has 0 aromatic rings. The molecule has 0 aromatic carbocycles. The Kier molecular flexibility index (Phi) is 3.62. The van der Waals surface area contributed by atoms with Gasteiger partial charge in [-0.05, 0) is 20.8 Å². The van der Waals surface area contributed by atoms with Gasteiger partial charge >= 0.3 is 0 Å². The van der Waals surface area contributed by atoms with Crippen molar-refractivity contribution in [1.29, 1.82) is 0 Å². The van der Waals surface area contributed by atoms with E-state index in [0.29, 0.717) is 0 Å². The number of allylic oxidation sites excluding steroid dienone is 2. The van der Waals surface area contributed by atoms with Gasteiger partial charge in [-0.3, -0.25) is 9.59 Å². The highest BCUT2D eigenvalue weighted by Crippen LogP contribution is 2.01. The molecule has 0 heterocycles. The lowest BCUT2D eigenvalue weighted by Crippen LogP contribution is -2.16. The van der Waals surface area contributed by atoms with Crippen LogP contribution in [0.4, 0.5) is 0 Å². The molecule has 0 bridgehead atoms. The van der Waals surface area contributed by atoms with Crippen molar-refractivity contribution in [3.8, 4) is 0 Å². The van der Waals surface area contributed by atoms with E-state index in [9.17, 15) is 9.59 Å². The first-order valence-electron chi connectivity index (χ1n) is 3.23. The van der Waals surface area contributed by atoms with Gasteiger partial charge in [0.2, 0.25) is 0 Å². The highest BCUT2D eigenvalue weighted by atomic mass is 16.1. The highest BCUT2D eigenvalue weighted by Gasteiger charge is 2.14. The first-order chi connectivity index (χ1) is 4.59. The molecule has 0 N–H and O–H groups in total. The van der Waals surface area contributed by atoms with Crippen LogP contribution in [-0.2, 0) is 9.59 Å². The van der Waals surface area contributed by atoms with Gasteiger partial charge < -0.3 is 0 Å². The summed E-state index contributed by atoms with van der Waals surface area (Å²) in [6, 6.07) is 0. The summed E-state index contributed by atoms with van der Waals surface area (Å²) in [4.78, 5) is 21.4. The first kappa shape index (κ1) is 9.08. The van der Waals surface area contributed by atoms with Crippen LogP contribution in [0.1, 0.15) is 20.8 Å². The van der Waals surface area contributed by atoms with Crippen LogP contribution < -0.4 is 0 Å². The minimum Gasteiger partial charge on any atom is -0.299 e. The summed E-state index contributed by atoms with van der Waals surface area (Å²) in [5, 5.41) is 0. The van der Waals surface area contributed by atoms with Crippen molar-refractivity contribution in [2.75, 3.05) is 0 Å². The fourth-order valence-corrected chi connectivity index (χ4v) is 0.750. The fourth-order valence-electron chi connectivity index (χ4n) is 0.750. The van der Waals surface area contributed by atoms with Crippen LogP contribution in [0.15, 0.2) is 12.2 Å². The molecule has 2 heteroatoms. The van der Waals surface area contributed by atoms with Crippen LogP contribution in [0.2, 0.25) is 0 Å². The van der Waals surface area contributed by atoms with Gasteiger partial charge in [0.15, 0.2) is 0 Å². The van der Waals surface area contributed by atoms with Crippen LogP contribution in [0.3, 0.4) is 0 Å². The molecule has 0 fully saturated rings. The van der Waals surface area contributed by atoms with Crippen molar-refractivity contribution < 1.29 is 9.59 Å². The fraction of sp³-hybridized carbons (Fsp3) is 0.500. The van der Waals surface area contributed by atoms with E-state index in [4.69, 9.17) is 0 Å². The smallest absolute Gasteiger partial charge is 0.144 e. The minimum atomic E-state index is -0.523. The Hall–Kier alpha value is -0.920. The third-order valence-corrected chi connectivity index (χ3v) is 1.26. The summed E-state index contributed by atoms with van der Waals surface area (Å²) < 4.78 is 0. The molecule has 0 spiro atoms. The molecule has 0 amide bonds. The summed E-state index contributed by atoms with van der Waals surface area (Å²) in [6.07, 6.45) is 3.33. The van der Waals surface area contributed by atoms with Gasteiger partial charge in [0.1, 0.15) is 11.6 Å². The SMILES string of the molecule is CC=CC(C(C)=O)C(C)=O. The molecule has 0 rings (SSSR count). The minimum absolute atomic E-state index is 0.0920. The predicted octanol–water partition coefficient (Wildman–Crippen LogP) is 1.36. The third kappa shape index (κ3) is 2.58. The van der Waals surface area contributed by atoms with E-state index in [2.05, 4.69) is 0 Å². The summed E-state index contributed by atoms with van der Waals surface area (Å²) in [6.45, 7) is 4.64. The Morgan fingerprint density at radius 2 is 1.60 bits per heavy atom. The lowest BCUT2D eigenvalue weighted by atomic mass is 10.0. The van der Waals surface area contributed by atoms with Crippen LogP contribution in [0.25, 0.3) is 0 Å². The number of carbonyl (C=O) groups is 2. The van der Waals surface area contributed by atoms with Gasteiger partial charge in [0.25, 0.3) is 0 Å². The first-order valence-corrected chi connectivity index (χ1v) is 3.23. The van der Waals surface area contributed by atoms with Crippen molar-refractivity contribution >= 4 is 11.6 Å². The number of hydrogen-bond donors (Lipinski definition) is 0. The normalized spacial score (nSPS) is 10.8. The Bertz CT molecular complexity index is 154. The number of rotatable bonds is 3. The van der Waals surface area contributed by atoms with Gasteiger partial charge in [-0.25, -0.2) is 0 Å². The highest BCUT2D eigenvalue weighted by molar-refractivity contribution is 6.01. The molecule has 0 aromatic heterocycles. The van der Waals surface area contributed by atoms with Gasteiger partial charge in [-0.15, -0.1) is 0 Å². The Morgan fingerprint density at radius 1 is 1.20 bits per heavy atom. The second-order valence-corrected chi connectivity index (χ2v) is 2.22. The van der Waals surface area contributed by atoms with Crippen molar-refractivity contribution in [3.05, 3.63) is 12.2 Å². The zero-order chi connectivity index (χ0) is 8.15. The Balaban J connectivity index is 4.27. The summed E-state index contributed by atoms with van der Waals surface area (Å²) >= 11 is 0. The maximum atomic E-state index is 10.7. The van der Waals surface area contributed by atoms with E-state index in [1.54, 1.807) is 19.1 Å². The van der Waals surface area contributed by atoms with Crippen molar-refractivity contribution in [1.82, 2.24) is 0 Å². The van der Waals surface area contributed by atoms with Gasteiger partial charge in [0, 0.05) is 0 Å². The summed E-state index contributed by atoms with van der Waals surface area (Å²) in [7, 11) is 0. The lowest BCUT2D eigenvalue weighted by Gasteiger charge is -2.01. The van der Waals surface area contributed by atoms with Gasteiger partial charge in [-0.1, -0.05) is 12.2 Å². The standard InChI is InChI=1S/C8H12O2/c1-4-5-8(6(2)9)7(3)10/h4-5,8H,1-3H3. The van der Waals surface area contributed by atoms with Gasteiger partial charge in [0.05, 0.1) is 5.92 Å². The molecule has 0 saturated heterocycles. The number of ketones is 2.